The highest BCUT2D eigenvalue weighted by molar-refractivity contribution is 7.17. The first-order chi connectivity index (χ1) is 15.4. The Morgan fingerprint density at radius 3 is 2.34 bits per heavy atom. The zero-order valence-corrected chi connectivity index (χ0v) is 19.5. The van der Waals surface area contributed by atoms with Gasteiger partial charge in [-0.25, -0.2) is 0 Å². The zero-order chi connectivity index (χ0) is 22.7. The topological polar surface area (TPSA) is 61.4 Å². The molecule has 0 fully saturated rings. The van der Waals surface area contributed by atoms with Crippen molar-refractivity contribution < 1.29 is 0 Å². The molecule has 5 nitrogen and oxygen atoms in total. The van der Waals surface area contributed by atoms with E-state index in [-0.39, 0.29) is 12.1 Å². The molecule has 0 bridgehead atoms. The highest BCUT2D eigenvalue weighted by Crippen LogP contribution is 2.27. The number of nitrogens with zero attached hydrogens (tertiary/aromatic N) is 1. The number of thiophene rings is 1. The van der Waals surface area contributed by atoms with Crippen LogP contribution in [0.5, 0.6) is 0 Å². The molecule has 4 rings (SSSR count). The first-order valence-corrected chi connectivity index (χ1v) is 11.8. The van der Waals surface area contributed by atoms with Gasteiger partial charge in [-0.1, -0.05) is 48.5 Å². The van der Waals surface area contributed by atoms with Crippen molar-refractivity contribution in [3.8, 4) is 0 Å². The van der Waals surface area contributed by atoms with Crippen molar-refractivity contribution in [2.75, 3.05) is 31.3 Å². The highest BCUT2D eigenvalue weighted by Gasteiger charge is 2.24. The number of rotatable bonds is 10. The zero-order valence-electron chi connectivity index (χ0n) is 18.7. The normalized spacial score (nSPS) is 13.5. The van der Waals surface area contributed by atoms with Gasteiger partial charge in [-0.2, -0.15) is 0 Å². The first-order valence-electron chi connectivity index (χ1n) is 10.9. The van der Waals surface area contributed by atoms with Crippen LogP contribution in [0.1, 0.15) is 18.1 Å². The van der Waals surface area contributed by atoms with Gasteiger partial charge < -0.3 is 15.5 Å². The van der Waals surface area contributed by atoms with E-state index in [1.54, 1.807) is 11.3 Å². The van der Waals surface area contributed by atoms with Gasteiger partial charge in [-0.05, 0) is 61.8 Å². The van der Waals surface area contributed by atoms with Crippen LogP contribution in [0.25, 0.3) is 10.1 Å². The quantitative estimate of drug-likeness (QED) is 0.358. The molecule has 1 aromatic heterocycles. The molecule has 32 heavy (non-hydrogen) atoms. The monoisotopic (exact) mass is 447 g/mol. The summed E-state index contributed by atoms with van der Waals surface area (Å²) in [5, 5.41) is 9.97. The Morgan fingerprint density at radius 1 is 0.906 bits per heavy atom. The second-order valence-corrected chi connectivity index (χ2v) is 9.51. The Morgan fingerprint density at radius 2 is 1.59 bits per heavy atom. The van der Waals surface area contributed by atoms with E-state index in [0.29, 0.717) is 17.9 Å². The SMILES string of the molecule is CC(Cc1csc2ccccc12)Nc1c(NCC(Cc2ccccc2)N(C)C)c(=O)c1=O. The number of hydrogen-bond acceptors (Lipinski definition) is 6. The average molecular weight is 448 g/mol. The summed E-state index contributed by atoms with van der Waals surface area (Å²) in [6.07, 6.45) is 1.65. The second-order valence-electron chi connectivity index (χ2n) is 8.60. The van der Waals surface area contributed by atoms with Gasteiger partial charge in [-0.3, -0.25) is 9.59 Å². The minimum absolute atomic E-state index is 0.0332. The molecule has 166 valence electrons. The maximum Gasteiger partial charge on any atom is 0.253 e. The van der Waals surface area contributed by atoms with Gasteiger partial charge in [0.1, 0.15) is 11.4 Å². The van der Waals surface area contributed by atoms with Crippen LogP contribution in [0, 0.1) is 0 Å². The summed E-state index contributed by atoms with van der Waals surface area (Å²) in [4.78, 5) is 26.7. The lowest BCUT2D eigenvalue weighted by Crippen LogP contribution is -2.43. The van der Waals surface area contributed by atoms with Gasteiger partial charge in [0, 0.05) is 23.3 Å². The summed E-state index contributed by atoms with van der Waals surface area (Å²) in [5.41, 5.74) is 2.47. The van der Waals surface area contributed by atoms with Crippen molar-refractivity contribution in [3.05, 3.63) is 91.6 Å². The summed E-state index contributed by atoms with van der Waals surface area (Å²) in [6, 6.07) is 18.9. The number of anilines is 2. The highest BCUT2D eigenvalue weighted by atomic mass is 32.1. The lowest BCUT2D eigenvalue weighted by molar-refractivity contribution is 0.303. The van der Waals surface area contributed by atoms with Gasteiger partial charge in [0.25, 0.3) is 10.9 Å². The van der Waals surface area contributed by atoms with E-state index in [4.69, 9.17) is 0 Å². The molecule has 0 amide bonds. The Bertz CT molecular complexity index is 1260. The molecule has 3 aromatic carbocycles. The maximum absolute atomic E-state index is 12.3. The molecule has 0 radical (unpaired) electrons. The van der Waals surface area contributed by atoms with Gasteiger partial charge in [0.15, 0.2) is 0 Å². The lowest BCUT2D eigenvalue weighted by Gasteiger charge is -2.26. The molecule has 2 N–H and O–H groups in total. The molecule has 0 aliphatic heterocycles. The van der Waals surface area contributed by atoms with Crippen LogP contribution in [0.3, 0.4) is 0 Å². The maximum atomic E-state index is 12.3. The van der Waals surface area contributed by atoms with E-state index in [1.165, 1.54) is 21.2 Å². The van der Waals surface area contributed by atoms with Crippen LogP contribution in [0.15, 0.2) is 69.6 Å². The van der Waals surface area contributed by atoms with Crippen LogP contribution >= 0.6 is 11.3 Å². The van der Waals surface area contributed by atoms with Crippen LogP contribution in [0.4, 0.5) is 11.4 Å². The number of benzene rings is 2. The van der Waals surface area contributed by atoms with Crippen LogP contribution in [-0.4, -0.2) is 37.6 Å². The number of fused-ring (bicyclic) bond motifs is 1. The fourth-order valence-electron chi connectivity index (χ4n) is 4.06. The minimum atomic E-state index is -0.432. The lowest BCUT2D eigenvalue weighted by atomic mass is 10.0. The third-order valence-electron chi connectivity index (χ3n) is 5.95. The second kappa shape index (κ2) is 9.67. The molecule has 0 saturated carbocycles. The Balaban J connectivity index is 1.41. The van der Waals surface area contributed by atoms with Crippen LogP contribution < -0.4 is 21.5 Å². The summed E-state index contributed by atoms with van der Waals surface area (Å²) < 4.78 is 1.26. The smallest absolute Gasteiger partial charge is 0.253 e. The van der Waals surface area contributed by atoms with Crippen molar-refractivity contribution in [1.29, 1.82) is 0 Å². The number of hydrogen-bond donors (Lipinski definition) is 2. The minimum Gasteiger partial charge on any atom is -0.378 e. The standard InChI is InChI=1S/C26H29N3O2S/c1-17(13-19-16-32-22-12-8-7-11-21(19)22)28-24-23(25(30)26(24)31)27-15-20(29(2)3)14-18-9-5-4-6-10-18/h4-12,16-17,20,27-28H,13-15H2,1-3H3. The average Bonchev–Trinajstić information content (AvgIpc) is 3.20. The fourth-order valence-corrected chi connectivity index (χ4v) is 5.04. The predicted molar refractivity (Wildman–Crippen MR) is 136 cm³/mol. The van der Waals surface area contributed by atoms with E-state index >= 15 is 0 Å². The third-order valence-corrected chi connectivity index (χ3v) is 6.96. The summed E-state index contributed by atoms with van der Waals surface area (Å²) in [6.45, 7) is 2.64. The Hall–Kier alpha value is -2.96. The van der Waals surface area contributed by atoms with Crippen molar-refractivity contribution in [2.45, 2.75) is 31.8 Å². The fraction of sp³-hybridized carbons (Fsp3) is 0.308. The molecule has 6 heteroatoms. The van der Waals surface area contributed by atoms with Gasteiger partial charge in [0.2, 0.25) is 0 Å². The number of likely N-dealkylation sites (N-methyl/N-ethyl adjacent to an activating group) is 1. The summed E-state index contributed by atoms with van der Waals surface area (Å²) >= 11 is 1.73. The molecule has 0 aliphatic carbocycles. The molecule has 0 spiro atoms. The summed E-state index contributed by atoms with van der Waals surface area (Å²) in [5.74, 6) is 0. The molecular weight excluding hydrogens is 418 g/mol. The van der Waals surface area contributed by atoms with Gasteiger partial charge in [-0.15, -0.1) is 11.3 Å². The van der Waals surface area contributed by atoms with Crippen LogP contribution in [-0.2, 0) is 12.8 Å². The largest absolute Gasteiger partial charge is 0.378 e. The molecule has 1 heterocycles. The molecule has 0 saturated heterocycles. The van der Waals surface area contributed by atoms with E-state index in [0.717, 1.165) is 12.8 Å². The van der Waals surface area contributed by atoms with E-state index in [2.05, 4.69) is 45.2 Å². The molecular formula is C26H29N3O2S. The first kappa shape index (κ1) is 22.2. The predicted octanol–water partition coefficient (Wildman–Crippen LogP) is 4.13. The van der Waals surface area contributed by atoms with E-state index in [9.17, 15) is 9.59 Å². The van der Waals surface area contributed by atoms with E-state index < -0.39 is 10.9 Å². The van der Waals surface area contributed by atoms with Gasteiger partial charge in [0.05, 0.1) is 0 Å². The Labute approximate surface area is 192 Å². The molecule has 2 unspecified atom stereocenters. The number of nitrogens with one attached hydrogen (secondary N) is 2. The molecule has 4 aromatic rings. The van der Waals surface area contributed by atoms with Crippen molar-refractivity contribution >= 4 is 32.8 Å². The Kier molecular flexibility index (Phi) is 6.72. The van der Waals surface area contributed by atoms with Crippen LogP contribution in [0.2, 0.25) is 0 Å². The van der Waals surface area contributed by atoms with Crippen molar-refractivity contribution in [2.24, 2.45) is 0 Å². The van der Waals surface area contributed by atoms with Gasteiger partial charge >= 0.3 is 0 Å². The molecule has 0 aliphatic rings. The molecule has 2 atom stereocenters. The summed E-state index contributed by atoms with van der Waals surface area (Å²) in [7, 11) is 4.06. The third kappa shape index (κ3) is 4.76. The van der Waals surface area contributed by atoms with Crippen molar-refractivity contribution in [3.63, 3.8) is 0 Å². The van der Waals surface area contributed by atoms with E-state index in [1.807, 2.05) is 51.4 Å². The van der Waals surface area contributed by atoms with Crippen molar-refractivity contribution in [1.82, 2.24) is 4.90 Å².